The van der Waals surface area contributed by atoms with Gasteiger partial charge in [0.25, 0.3) is 0 Å². The zero-order chi connectivity index (χ0) is 14.7. The Hall–Kier alpha value is -2.63. The largest absolute Gasteiger partial charge is 0.485 e. The summed E-state index contributed by atoms with van der Waals surface area (Å²) in [5.41, 5.74) is 2.18. The van der Waals surface area contributed by atoms with Crippen LogP contribution in [0.2, 0.25) is 0 Å². The van der Waals surface area contributed by atoms with Crippen molar-refractivity contribution in [3.8, 4) is 5.75 Å². The van der Waals surface area contributed by atoms with Crippen LogP contribution in [0.15, 0.2) is 30.5 Å². The molecule has 2 aromatic rings. The standard InChI is InChI=1S/C15H15N3O3/c1-20-15(19)13-12(3-2-7-16-13)21-9-11-5-4-10-6-8-17-14(10)18-11/h2-5,7H,6,8-9H2,1H3,(H,17,18). The minimum Gasteiger partial charge on any atom is -0.485 e. The van der Waals surface area contributed by atoms with E-state index < -0.39 is 5.97 Å². The fraction of sp³-hybridized carbons (Fsp3) is 0.267. The molecule has 0 saturated heterocycles. The number of esters is 1. The van der Waals surface area contributed by atoms with Gasteiger partial charge in [0.1, 0.15) is 12.4 Å². The van der Waals surface area contributed by atoms with Crippen LogP contribution in [0.1, 0.15) is 21.7 Å². The van der Waals surface area contributed by atoms with Crippen molar-refractivity contribution >= 4 is 11.8 Å². The predicted molar refractivity (Wildman–Crippen MR) is 76.3 cm³/mol. The van der Waals surface area contributed by atoms with E-state index in [4.69, 9.17) is 4.74 Å². The van der Waals surface area contributed by atoms with Crippen LogP contribution < -0.4 is 10.1 Å². The maximum Gasteiger partial charge on any atom is 0.360 e. The number of nitrogens with zero attached hydrogens (tertiary/aromatic N) is 2. The second-order valence-corrected chi connectivity index (χ2v) is 4.62. The van der Waals surface area contributed by atoms with Crippen LogP contribution in [0.5, 0.6) is 5.75 Å². The Morgan fingerprint density at radius 1 is 1.38 bits per heavy atom. The highest BCUT2D eigenvalue weighted by atomic mass is 16.5. The Morgan fingerprint density at radius 3 is 3.14 bits per heavy atom. The Balaban J connectivity index is 1.75. The molecule has 0 saturated carbocycles. The summed E-state index contributed by atoms with van der Waals surface area (Å²) in [6.45, 7) is 1.19. The van der Waals surface area contributed by atoms with E-state index in [1.54, 1.807) is 12.1 Å². The van der Waals surface area contributed by atoms with Crippen LogP contribution in [-0.2, 0) is 17.8 Å². The molecule has 3 heterocycles. The fourth-order valence-corrected chi connectivity index (χ4v) is 2.19. The molecule has 0 unspecified atom stereocenters. The van der Waals surface area contributed by atoms with Crippen molar-refractivity contribution in [2.24, 2.45) is 0 Å². The Kier molecular flexibility index (Phi) is 3.68. The molecule has 108 valence electrons. The fourth-order valence-electron chi connectivity index (χ4n) is 2.19. The molecule has 0 amide bonds. The van der Waals surface area contributed by atoms with Gasteiger partial charge in [-0.1, -0.05) is 6.07 Å². The van der Waals surface area contributed by atoms with E-state index in [1.807, 2.05) is 12.1 Å². The third-order valence-corrected chi connectivity index (χ3v) is 3.25. The zero-order valence-corrected chi connectivity index (χ0v) is 11.6. The number of hydrogen-bond acceptors (Lipinski definition) is 6. The Bertz CT molecular complexity index is 673. The normalized spacial score (nSPS) is 12.4. The van der Waals surface area contributed by atoms with Gasteiger partial charge in [-0.05, 0) is 30.2 Å². The van der Waals surface area contributed by atoms with Gasteiger partial charge in [-0.15, -0.1) is 0 Å². The number of aromatic nitrogens is 2. The van der Waals surface area contributed by atoms with E-state index in [1.165, 1.54) is 18.9 Å². The van der Waals surface area contributed by atoms with Gasteiger partial charge >= 0.3 is 5.97 Å². The van der Waals surface area contributed by atoms with Crippen LogP contribution in [0.25, 0.3) is 0 Å². The Morgan fingerprint density at radius 2 is 2.29 bits per heavy atom. The lowest BCUT2D eigenvalue weighted by molar-refractivity contribution is 0.0588. The molecule has 0 fully saturated rings. The van der Waals surface area contributed by atoms with E-state index in [0.717, 1.165) is 24.5 Å². The number of nitrogens with one attached hydrogen (secondary N) is 1. The maximum atomic E-state index is 11.6. The summed E-state index contributed by atoms with van der Waals surface area (Å²) in [6.07, 6.45) is 2.52. The minimum absolute atomic E-state index is 0.166. The van der Waals surface area contributed by atoms with E-state index in [9.17, 15) is 4.79 Å². The number of carbonyl (C=O) groups is 1. The summed E-state index contributed by atoms with van der Waals surface area (Å²) in [6, 6.07) is 7.37. The van der Waals surface area contributed by atoms with Gasteiger partial charge in [0.2, 0.25) is 0 Å². The zero-order valence-electron chi connectivity index (χ0n) is 11.6. The van der Waals surface area contributed by atoms with E-state index in [0.29, 0.717) is 5.75 Å². The first-order valence-electron chi connectivity index (χ1n) is 6.67. The SMILES string of the molecule is COC(=O)c1ncccc1OCc1ccc2c(n1)NCC2. The van der Waals surface area contributed by atoms with Crippen LogP contribution in [0.4, 0.5) is 5.82 Å². The number of anilines is 1. The average molecular weight is 285 g/mol. The molecule has 0 spiro atoms. The summed E-state index contributed by atoms with van der Waals surface area (Å²) in [7, 11) is 1.31. The lowest BCUT2D eigenvalue weighted by Crippen LogP contribution is -2.08. The smallest absolute Gasteiger partial charge is 0.360 e. The van der Waals surface area contributed by atoms with E-state index in [2.05, 4.69) is 20.0 Å². The number of hydrogen-bond donors (Lipinski definition) is 1. The average Bonchev–Trinajstić information content (AvgIpc) is 3.00. The lowest BCUT2D eigenvalue weighted by Gasteiger charge is -2.09. The van der Waals surface area contributed by atoms with Crippen molar-refractivity contribution in [1.29, 1.82) is 0 Å². The van der Waals surface area contributed by atoms with Gasteiger partial charge in [-0.2, -0.15) is 0 Å². The molecular weight excluding hydrogens is 270 g/mol. The highest BCUT2D eigenvalue weighted by Gasteiger charge is 2.15. The van der Waals surface area contributed by atoms with E-state index >= 15 is 0 Å². The second kappa shape index (κ2) is 5.78. The number of rotatable bonds is 4. The van der Waals surface area contributed by atoms with Gasteiger partial charge in [0.05, 0.1) is 12.8 Å². The van der Waals surface area contributed by atoms with Gasteiger partial charge in [-0.25, -0.2) is 14.8 Å². The molecule has 1 aliphatic heterocycles. The van der Waals surface area contributed by atoms with Crippen LogP contribution in [0.3, 0.4) is 0 Å². The second-order valence-electron chi connectivity index (χ2n) is 4.62. The quantitative estimate of drug-likeness (QED) is 0.864. The molecule has 0 aromatic carbocycles. The highest BCUT2D eigenvalue weighted by Crippen LogP contribution is 2.21. The van der Waals surface area contributed by atoms with Gasteiger partial charge in [0, 0.05) is 12.7 Å². The first-order chi connectivity index (χ1) is 10.3. The van der Waals surface area contributed by atoms with Gasteiger partial charge in [-0.3, -0.25) is 0 Å². The molecular formula is C15H15N3O3. The molecule has 0 radical (unpaired) electrons. The molecule has 3 rings (SSSR count). The topological polar surface area (TPSA) is 73.3 Å². The molecule has 21 heavy (non-hydrogen) atoms. The van der Waals surface area contributed by atoms with Crippen molar-refractivity contribution < 1.29 is 14.3 Å². The molecule has 2 aromatic heterocycles. The van der Waals surface area contributed by atoms with Crippen molar-refractivity contribution in [1.82, 2.24) is 9.97 Å². The number of fused-ring (bicyclic) bond motifs is 1. The molecule has 1 N–H and O–H groups in total. The summed E-state index contributed by atoms with van der Waals surface area (Å²) < 4.78 is 10.3. The number of carbonyl (C=O) groups excluding carboxylic acids is 1. The molecule has 0 atom stereocenters. The van der Waals surface area contributed by atoms with Crippen molar-refractivity contribution in [3.63, 3.8) is 0 Å². The van der Waals surface area contributed by atoms with Crippen molar-refractivity contribution in [2.45, 2.75) is 13.0 Å². The summed E-state index contributed by atoms with van der Waals surface area (Å²) in [5, 5.41) is 3.22. The van der Waals surface area contributed by atoms with Crippen molar-refractivity contribution in [3.05, 3.63) is 47.4 Å². The molecule has 1 aliphatic rings. The number of pyridine rings is 2. The van der Waals surface area contributed by atoms with Crippen LogP contribution in [0, 0.1) is 0 Å². The monoisotopic (exact) mass is 285 g/mol. The lowest BCUT2D eigenvalue weighted by atomic mass is 10.2. The van der Waals surface area contributed by atoms with Crippen molar-refractivity contribution in [2.75, 3.05) is 19.0 Å². The van der Waals surface area contributed by atoms with Gasteiger partial charge < -0.3 is 14.8 Å². The third kappa shape index (κ3) is 2.79. The molecule has 6 nitrogen and oxygen atoms in total. The first kappa shape index (κ1) is 13.4. The number of ether oxygens (including phenoxy) is 2. The third-order valence-electron chi connectivity index (χ3n) is 3.25. The Labute approximate surface area is 122 Å². The number of methoxy groups -OCH3 is 1. The molecule has 0 aliphatic carbocycles. The predicted octanol–water partition coefficient (Wildman–Crippen LogP) is 1.81. The van der Waals surface area contributed by atoms with Crippen LogP contribution in [-0.4, -0.2) is 29.6 Å². The maximum absolute atomic E-state index is 11.6. The highest BCUT2D eigenvalue weighted by molar-refractivity contribution is 5.90. The minimum atomic E-state index is -0.519. The first-order valence-corrected chi connectivity index (χ1v) is 6.67. The summed E-state index contributed by atoms with van der Waals surface area (Å²) in [4.78, 5) is 20.1. The summed E-state index contributed by atoms with van der Waals surface area (Å²) >= 11 is 0. The molecule has 0 bridgehead atoms. The molecule has 6 heteroatoms. The van der Waals surface area contributed by atoms with Crippen LogP contribution >= 0.6 is 0 Å². The van der Waals surface area contributed by atoms with Gasteiger partial charge in [0.15, 0.2) is 11.4 Å². The van der Waals surface area contributed by atoms with E-state index in [-0.39, 0.29) is 12.3 Å². The summed E-state index contributed by atoms with van der Waals surface area (Å²) in [5.74, 6) is 0.782.